The molecule has 3 aromatic rings. The Morgan fingerprint density at radius 3 is 2.36 bits per heavy atom. The molecule has 5 nitrogen and oxygen atoms in total. The van der Waals surface area contributed by atoms with Crippen LogP contribution in [0.1, 0.15) is 49.1 Å². The van der Waals surface area contributed by atoms with E-state index in [9.17, 15) is 0 Å². The topological polar surface area (TPSA) is 47.5 Å². The van der Waals surface area contributed by atoms with Gasteiger partial charge in [0.1, 0.15) is 12.4 Å². The summed E-state index contributed by atoms with van der Waals surface area (Å²) >= 11 is 0. The first kappa shape index (κ1) is 21.9. The minimum Gasteiger partial charge on any atom is -0.487 e. The molecule has 0 bridgehead atoms. The summed E-state index contributed by atoms with van der Waals surface area (Å²) in [6.07, 6.45) is 4.24. The van der Waals surface area contributed by atoms with Gasteiger partial charge in [-0.2, -0.15) is 0 Å². The second kappa shape index (κ2) is 8.79. The molecule has 33 heavy (non-hydrogen) atoms. The molecule has 0 unspecified atom stereocenters. The molecule has 0 radical (unpaired) electrons. The van der Waals surface area contributed by atoms with E-state index in [-0.39, 0.29) is 5.41 Å². The maximum Gasteiger partial charge on any atom is 0.225 e. The van der Waals surface area contributed by atoms with E-state index in [1.807, 2.05) is 12.3 Å². The molecule has 2 aliphatic rings. The van der Waals surface area contributed by atoms with E-state index in [4.69, 9.17) is 14.5 Å². The summed E-state index contributed by atoms with van der Waals surface area (Å²) in [4.78, 5) is 11.6. The van der Waals surface area contributed by atoms with Gasteiger partial charge in [-0.25, -0.2) is 9.97 Å². The highest BCUT2D eigenvalue weighted by Crippen LogP contribution is 2.38. The van der Waals surface area contributed by atoms with Crippen molar-refractivity contribution in [2.24, 2.45) is 5.41 Å². The van der Waals surface area contributed by atoms with Crippen LogP contribution in [0.3, 0.4) is 0 Å². The predicted molar refractivity (Wildman–Crippen MR) is 131 cm³/mol. The molecule has 5 heteroatoms. The molecule has 172 valence electrons. The summed E-state index contributed by atoms with van der Waals surface area (Å²) in [5, 5.41) is 0. The van der Waals surface area contributed by atoms with Gasteiger partial charge in [-0.1, -0.05) is 55.8 Å². The van der Waals surface area contributed by atoms with E-state index in [1.54, 1.807) is 0 Å². The van der Waals surface area contributed by atoms with Crippen LogP contribution in [0, 0.1) is 12.3 Å². The minimum absolute atomic E-state index is 0.0644. The normalized spacial score (nSPS) is 17.6. The average Bonchev–Trinajstić information content (AvgIpc) is 2.82. The van der Waals surface area contributed by atoms with Gasteiger partial charge < -0.3 is 14.4 Å². The molecular weight excluding hydrogens is 410 g/mol. The summed E-state index contributed by atoms with van der Waals surface area (Å²) in [5.41, 5.74) is 5.00. The van der Waals surface area contributed by atoms with Crippen molar-refractivity contribution in [3.8, 4) is 5.75 Å². The van der Waals surface area contributed by atoms with Crippen molar-refractivity contribution in [3.63, 3.8) is 0 Å². The largest absolute Gasteiger partial charge is 0.487 e. The van der Waals surface area contributed by atoms with Crippen LogP contribution in [0.5, 0.6) is 5.75 Å². The van der Waals surface area contributed by atoms with Gasteiger partial charge in [0, 0.05) is 30.1 Å². The third-order valence-corrected chi connectivity index (χ3v) is 7.20. The standard InChI is InChI=1S/C28H33N3O2/c1-21-5-7-22(8-6-21)27(2,3)23-9-11-25(12-10-23)33-17-24-13-15-29-26(30-24)31-16-4-14-28(18-31)19-32-20-28/h5-13,15H,4,14,16-20H2,1-3H3. The lowest BCUT2D eigenvalue weighted by molar-refractivity contribution is -0.118. The number of benzene rings is 2. The zero-order valence-corrected chi connectivity index (χ0v) is 19.9. The van der Waals surface area contributed by atoms with Crippen molar-refractivity contribution in [1.29, 1.82) is 0 Å². The molecule has 2 aromatic carbocycles. The molecule has 1 aromatic heterocycles. The second-order valence-electron chi connectivity index (χ2n) is 10.2. The van der Waals surface area contributed by atoms with Gasteiger partial charge in [0.25, 0.3) is 0 Å². The second-order valence-corrected chi connectivity index (χ2v) is 10.2. The van der Waals surface area contributed by atoms with E-state index in [2.05, 4.69) is 79.2 Å². The van der Waals surface area contributed by atoms with E-state index in [1.165, 1.54) is 29.5 Å². The van der Waals surface area contributed by atoms with E-state index < -0.39 is 0 Å². The predicted octanol–water partition coefficient (Wildman–Crippen LogP) is 5.31. The summed E-state index contributed by atoms with van der Waals surface area (Å²) in [5.74, 6) is 1.65. The van der Waals surface area contributed by atoms with Crippen LogP contribution in [-0.2, 0) is 16.8 Å². The van der Waals surface area contributed by atoms with Gasteiger partial charge >= 0.3 is 0 Å². The fraction of sp³-hybridized carbons (Fsp3) is 0.429. The molecule has 0 N–H and O–H groups in total. The van der Waals surface area contributed by atoms with Crippen LogP contribution in [-0.4, -0.2) is 36.3 Å². The Bertz CT molecular complexity index is 1090. The molecular formula is C28H33N3O2. The van der Waals surface area contributed by atoms with Crippen LogP contribution in [0.25, 0.3) is 0 Å². The molecule has 5 rings (SSSR count). The van der Waals surface area contributed by atoms with Crippen molar-refractivity contribution >= 4 is 5.95 Å². The lowest BCUT2D eigenvalue weighted by Gasteiger charge is -2.48. The van der Waals surface area contributed by atoms with E-state index in [0.29, 0.717) is 12.0 Å². The van der Waals surface area contributed by atoms with Crippen molar-refractivity contribution in [3.05, 3.63) is 83.2 Å². The minimum atomic E-state index is -0.0644. The SMILES string of the molecule is Cc1ccc(C(C)(C)c2ccc(OCc3ccnc(N4CCCC5(COC5)C4)n3)cc2)cc1. The highest BCUT2D eigenvalue weighted by atomic mass is 16.5. The number of hydrogen-bond donors (Lipinski definition) is 0. The summed E-state index contributed by atoms with van der Waals surface area (Å²) < 4.78 is 11.6. The van der Waals surface area contributed by atoms with Crippen LogP contribution in [0.15, 0.2) is 60.8 Å². The van der Waals surface area contributed by atoms with Gasteiger partial charge in [0.15, 0.2) is 0 Å². The quantitative estimate of drug-likeness (QED) is 0.517. The van der Waals surface area contributed by atoms with E-state index in [0.717, 1.165) is 43.7 Å². The maximum absolute atomic E-state index is 6.07. The smallest absolute Gasteiger partial charge is 0.225 e. The Labute approximate surface area is 196 Å². The van der Waals surface area contributed by atoms with Gasteiger partial charge in [-0.15, -0.1) is 0 Å². The van der Waals surface area contributed by atoms with Crippen LogP contribution in [0.2, 0.25) is 0 Å². The number of hydrogen-bond acceptors (Lipinski definition) is 5. The Hall–Kier alpha value is -2.92. The average molecular weight is 444 g/mol. The van der Waals surface area contributed by atoms with Crippen LogP contribution < -0.4 is 9.64 Å². The summed E-state index contributed by atoms with van der Waals surface area (Å²) in [7, 11) is 0. The zero-order valence-electron chi connectivity index (χ0n) is 19.9. The Morgan fingerprint density at radius 2 is 1.70 bits per heavy atom. The molecule has 0 amide bonds. The summed E-state index contributed by atoms with van der Waals surface area (Å²) in [6.45, 7) is 10.8. The maximum atomic E-state index is 6.07. The molecule has 0 aliphatic carbocycles. The van der Waals surface area contributed by atoms with Gasteiger partial charge in [-0.05, 0) is 49.1 Å². The van der Waals surface area contributed by atoms with Crippen LogP contribution >= 0.6 is 0 Å². The fourth-order valence-corrected chi connectivity index (χ4v) is 4.88. The molecule has 0 saturated carbocycles. The van der Waals surface area contributed by atoms with Gasteiger partial charge in [0.05, 0.1) is 18.9 Å². The lowest BCUT2D eigenvalue weighted by atomic mass is 9.78. The number of rotatable bonds is 6. The molecule has 1 spiro atoms. The van der Waals surface area contributed by atoms with Crippen molar-refractivity contribution < 1.29 is 9.47 Å². The molecule has 3 heterocycles. The van der Waals surface area contributed by atoms with Gasteiger partial charge in [-0.3, -0.25) is 0 Å². The Kier molecular flexibility index (Phi) is 5.83. The van der Waals surface area contributed by atoms with Crippen molar-refractivity contribution in [2.45, 2.75) is 45.6 Å². The first-order valence-corrected chi connectivity index (χ1v) is 11.9. The fourth-order valence-electron chi connectivity index (χ4n) is 4.88. The van der Waals surface area contributed by atoms with Gasteiger partial charge in [0.2, 0.25) is 5.95 Å². The van der Waals surface area contributed by atoms with Crippen molar-refractivity contribution in [2.75, 3.05) is 31.2 Å². The first-order chi connectivity index (χ1) is 15.9. The van der Waals surface area contributed by atoms with Crippen molar-refractivity contribution in [1.82, 2.24) is 9.97 Å². The Balaban J connectivity index is 1.23. The highest BCUT2D eigenvalue weighted by molar-refractivity contribution is 5.41. The number of aromatic nitrogens is 2. The zero-order chi connectivity index (χ0) is 22.9. The number of ether oxygens (including phenoxy) is 2. The molecule has 2 fully saturated rings. The lowest BCUT2D eigenvalue weighted by Crippen LogP contribution is -2.54. The number of aryl methyl sites for hydroxylation is 1. The van der Waals surface area contributed by atoms with E-state index >= 15 is 0 Å². The third-order valence-electron chi connectivity index (χ3n) is 7.20. The molecule has 0 atom stereocenters. The highest BCUT2D eigenvalue weighted by Gasteiger charge is 2.42. The van der Waals surface area contributed by atoms with Crippen LogP contribution in [0.4, 0.5) is 5.95 Å². The first-order valence-electron chi connectivity index (χ1n) is 11.9. The monoisotopic (exact) mass is 443 g/mol. The Morgan fingerprint density at radius 1 is 1.00 bits per heavy atom. The number of nitrogens with zero attached hydrogens (tertiary/aromatic N) is 3. The molecule has 2 saturated heterocycles. The number of piperidine rings is 1. The molecule has 2 aliphatic heterocycles. The summed E-state index contributed by atoms with van der Waals surface area (Å²) in [6, 6.07) is 19.1. The third kappa shape index (κ3) is 4.60. The number of anilines is 1.